The van der Waals surface area contributed by atoms with Gasteiger partial charge in [0, 0.05) is 6.42 Å². The third-order valence-corrected chi connectivity index (χ3v) is 5.95. The van der Waals surface area contributed by atoms with Crippen molar-refractivity contribution in [2.75, 3.05) is 5.01 Å². The van der Waals surface area contributed by atoms with Crippen molar-refractivity contribution >= 4 is 17.4 Å². The maximum Gasteiger partial charge on any atom is 0.418 e. The van der Waals surface area contributed by atoms with Gasteiger partial charge in [0.2, 0.25) is 0 Å². The first-order valence-corrected chi connectivity index (χ1v) is 7.82. The number of nitrogens with zero attached hydrogens (tertiary/aromatic N) is 1. The molecular weight excluding hydrogens is 321 g/mol. The van der Waals surface area contributed by atoms with Crippen molar-refractivity contribution < 1.29 is 22.8 Å². The first-order chi connectivity index (χ1) is 11.0. The molecule has 0 saturated heterocycles. The van der Waals surface area contributed by atoms with Gasteiger partial charge in [0.05, 0.1) is 11.3 Å². The van der Waals surface area contributed by atoms with Crippen molar-refractivity contribution in [1.29, 1.82) is 0 Å². The molecule has 0 aromatic heterocycles. The minimum atomic E-state index is -4.64. The Morgan fingerprint density at radius 2 is 1.92 bits per heavy atom. The number of hydrogen-bond acceptors (Lipinski definition) is 3. The number of nitrogens with two attached hydrogens (primary N) is 1. The van der Waals surface area contributed by atoms with Crippen LogP contribution in [0.4, 0.5) is 18.9 Å². The largest absolute Gasteiger partial charge is 0.418 e. The predicted octanol–water partition coefficient (Wildman–Crippen LogP) is 3.31. The molecule has 1 amide bonds. The van der Waals surface area contributed by atoms with E-state index in [1.54, 1.807) is 0 Å². The summed E-state index contributed by atoms with van der Waals surface area (Å²) in [6, 6.07) is 4.64. The lowest BCUT2D eigenvalue weighted by molar-refractivity contribution is -0.143. The standard InChI is InChI=1S/C17H19F3N2O2/c1-15(2)10-7-8-16(15,13(23)9-10)14(24)22(21)12-6-4-3-5-11(12)17(18,19)20/h3-6,10H,7-9,21H2,1-2H3. The minimum Gasteiger partial charge on any atom is -0.298 e. The summed E-state index contributed by atoms with van der Waals surface area (Å²) < 4.78 is 39.6. The average Bonchev–Trinajstić information content (AvgIpc) is 2.87. The molecule has 0 heterocycles. The van der Waals surface area contributed by atoms with Crippen LogP contribution in [0.5, 0.6) is 0 Å². The van der Waals surface area contributed by atoms with Gasteiger partial charge in [0.25, 0.3) is 5.91 Å². The first kappa shape index (κ1) is 17.0. The molecule has 1 aromatic carbocycles. The van der Waals surface area contributed by atoms with Gasteiger partial charge in [0.1, 0.15) is 11.2 Å². The van der Waals surface area contributed by atoms with E-state index >= 15 is 0 Å². The van der Waals surface area contributed by atoms with Crippen LogP contribution in [0.2, 0.25) is 0 Å². The summed E-state index contributed by atoms with van der Waals surface area (Å²) in [6.07, 6.45) is -3.31. The number of halogens is 3. The highest BCUT2D eigenvalue weighted by molar-refractivity contribution is 6.14. The molecule has 3 rings (SSSR count). The number of rotatable bonds is 2. The van der Waals surface area contributed by atoms with E-state index in [2.05, 4.69) is 0 Å². The molecule has 24 heavy (non-hydrogen) atoms. The number of Topliss-reactive ketones (excluding diaryl/α,β-unsaturated/α-hetero) is 1. The molecule has 0 radical (unpaired) electrons. The molecule has 1 aromatic rings. The van der Waals surface area contributed by atoms with Crippen LogP contribution < -0.4 is 10.9 Å². The monoisotopic (exact) mass is 340 g/mol. The number of ketones is 1. The quantitative estimate of drug-likeness (QED) is 0.389. The predicted molar refractivity (Wildman–Crippen MR) is 81.7 cm³/mol. The Labute approximate surface area is 137 Å². The van der Waals surface area contributed by atoms with E-state index in [0.29, 0.717) is 17.9 Å². The lowest BCUT2D eigenvalue weighted by atomic mass is 9.68. The highest BCUT2D eigenvalue weighted by Crippen LogP contribution is 2.64. The normalized spacial score (nSPS) is 28.2. The van der Waals surface area contributed by atoms with Crippen LogP contribution in [-0.4, -0.2) is 11.7 Å². The highest BCUT2D eigenvalue weighted by Gasteiger charge is 2.69. The van der Waals surface area contributed by atoms with Crippen LogP contribution in [0, 0.1) is 16.7 Å². The number of anilines is 1. The lowest BCUT2D eigenvalue weighted by Crippen LogP contribution is -2.54. The smallest absolute Gasteiger partial charge is 0.298 e. The summed E-state index contributed by atoms with van der Waals surface area (Å²) in [6.45, 7) is 3.66. The lowest BCUT2D eigenvalue weighted by Gasteiger charge is -2.37. The van der Waals surface area contributed by atoms with E-state index in [9.17, 15) is 22.8 Å². The summed E-state index contributed by atoms with van der Waals surface area (Å²) in [5.41, 5.74) is -3.35. The van der Waals surface area contributed by atoms with E-state index in [1.165, 1.54) is 12.1 Å². The fourth-order valence-electron chi connectivity index (χ4n) is 4.42. The van der Waals surface area contributed by atoms with Crippen molar-refractivity contribution in [2.45, 2.75) is 39.3 Å². The van der Waals surface area contributed by atoms with Crippen LogP contribution in [0.15, 0.2) is 24.3 Å². The molecule has 2 bridgehead atoms. The van der Waals surface area contributed by atoms with Gasteiger partial charge < -0.3 is 0 Å². The SMILES string of the molecule is CC1(C)C2CCC1(C(=O)N(N)c1ccccc1C(F)(F)F)C(=O)C2. The van der Waals surface area contributed by atoms with Gasteiger partial charge >= 0.3 is 6.18 Å². The summed E-state index contributed by atoms with van der Waals surface area (Å²) in [7, 11) is 0. The Morgan fingerprint density at radius 3 is 2.42 bits per heavy atom. The van der Waals surface area contributed by atoms with Gasteiger partial charge in [-0.2, -0.15) is 13.2 Å². The van der Waals surface area contributed by atoms with Gasteiger partial charge in [-0.1, -0.05) is 26.0 Å². The molecule has 0 spiro atoms. The molecule has 4 nitrogen and oxygen atoms in total. The number of amides is 1. The Balaban J connectivity index is 2.05. The topological polar surface area (TPSA) is 63.4 Å². The molecule has 2 saturated carbocycles. The zero-order valence-electron chi connectivity index (χ0n) is 13.5. The molecule has 2 unspecified atom stereocenters. The number of carbonyl (C=O) groups excluding carboxylic acids is 2. The van der Waals surface area contributed by atoms with Gasteiger partial charge in [0.15, 0.2) is 0 Å². The van der Waals surface area contributed by atoms with Gasteiger partial charge in [-0.3, -0.25) is 9.59 Å². The second kappa shape index (κ2) is 5.05. The molecule has 2 aliphatic rings. The molecule has 2 aliphatic carbocycles. The number of alkyl halides is 3. The number of fused-ring (bicyclic) bond motifs is 2. The number of para-hydroxylation sites is 1. The van der Waals surface area contributed by atoms with E-state index < -0.39 is 34.2 Å². The second-order valence-corrected chi connectivity index (χ2v) is 7.18. The van der Waals surface area contributed by atoms with E-state index in [-0.39, 0.29) is 18.1 Å². The van der Waals surface area contributed by atoms with Gasteiger partial charge in [-0.15, -0.1) is 0 Å². The number of carbonyl (C=O) groups is 2. The van der Waals surface area contributed by atoms with Crippen molar-refractivity contribution in [2.24, 2.45) is 22.6 Å². The van der Waals surface area contributed by atoms with Crippen LogP contribution in [-0.2, 0) is 15.8 Å². The average molecular weight is 340 g/mol. The van der Waals surface area contributed by atoms with E-state index in [4.69, 9.17) is 5.84 Å². The third kappa shape index (κ3) is 2.03. The van der Waals surface area contributed by atoms with Gasteiger partial charge in [-0.05, 0) is 36.3 Å². The van der Waals surface area contributed by atoms with Crippen molar-refractivity contribution in [3.8, 4) is 0 Å². The fraction of sp³-hybridized carbons (Fsp3) is 0.529. The van der Waals surface area contributed by atoms with Crippen molar-refractivity contribution in [3.63, 3.8) is 0 Å². The molecule has 0 aliphatic heterocycles. The molecular formula is C17H19F3N2O2. The molecule has 130 valence electrons. The number of hydrogen-bond donors (Lipinski definition) is 1. The summed E-state index contributed by atoms with van der Waals surface area (Å²) in [5, 5.41) is 0.524. The second-order valence-electron chi connectivity index (χ2n) is 7.18. The zero-order valence-corrected chi connectivity index (χ0v) is 13.5. The summed E-state index contributed by atoms with van der Waals surface area (Å²) >= 11 is 0. The Kier molecular flexibility index (Phi) is 3.57. The molecule has 2 N–H and O–H groups in total. The Morgan fingerprint density at radius 1 is 1.29 bits per heavy atom. The first-order valence-electron chi connectivity index (χ1n) is 7.82. The summed E-state index contributed by atoms with van der Waals surface area (Å²) in [4.78, 5) is 25.6. The van der Waals surface area contributed by atoms with Crippen LogP contribution in [0.3, 0.4) is 0 Å². The Bertz CT molecular complexity index is 714. The molecule has 7 heteroatoms. The van der Waals surface area contributed by atoms with Crippen LogP contribution >= 0.6 is 0 Å². The number of hydrazine groups is 1. The van der Waals surface area contributed by atoms with Crippen LogP contribution in [0.1, 0.15) is 38.7 Å². The molecule has 2 atom stereocenters. The molecule has 2 fully saturated rings. The minimum absolute atomic E-state index is 0.0696. The third-order valence-electron chi connectivity index (χ3n) is 5.95. The van der Waals surface area contributed by atoms with Crippen molar-refractivity contribution in [1.82, 2.24) is 0 Å². The van der Waals surface area contributed by atoms with E-state index in [1.807, 2.05) is 13.8 Å². The van der Waals surface area contributed by atoms with E-state index in [0.717, 1.165) is 12.1 Å². The van der Waals surface area contributed by atoms with Gasteiger partial charge in [-0.25, -0.2) is 10.9 Å². The van der Waals surface area contributed by atoms with Crippen LogP contribution in [0.25, 0.3) is 0 Å². The zero-order chi connectivity index (χ0) is 17.9. The highest BCUT2D eigenvalue weighted by atomic mass is 19.4. The fourth-order valence-corrected chi connectivity index (χ4v) is 4.42. The number of benzene rings is 1. The maximum absolute atomic E-state index is 13.2. The summed E-state index contributed by atoms with van der Waals surface area (Å²) in [5.74, 6) is 4.92. The maximum atomic E-state index is 13.2. The Hall–Kier alpha value is -1.89. The van der Waals surface area contributed by atoms with Crippen molar-refractivity contribution in [3.05, 3.63) is 29.8 Å².